The van der Waals surface area contributed by atoms with Gasteiger partial charge >= 0.3 is 0 Å². The number of aryl methyl sites for hydroxylation is 1. The van der Waals surface area contributed by atoms with Crippen molar-refractivity contribution in [2.75, 3.05) is 13.1 Å². The first kappa shape index (κ1) is 16.2. The van der Waals surface area contributed by atoms with Crippen molar-refractivity contribution in [1.82, 2.24) is 5.32 Å². The zero-order valence-electron chi connectivity index (χ0n) is 11.7. The number of nitrogens with two attached hydrogens (primary N) is 1. The van der Waals surface area contributed by atoms with Gasteiger partial charge in [0, 0.05) is 17.4 Å². The van der Waals surface area contributed by atoms with Crippen LogP contribution in [0, 0.1) is 5.41 Å². The van der Waals surface area contributed by atoms with Crippen LogP contribution in [0.15, 0.2) is 28.7 Å². The summed E-state index contributed by atoms with van der Waals surface area (Å²) in [5.74, 6) is 0.105. The molecule has 0 unspecified atom stereocenters. The Labute approximate surface area is 124 Å². The van der Waals surface area contributed by atoms with Gasteiger partial charge in [-0.1, -0.05) is 48.0 Å². The fraction of sp³-hybridized carbons (Fsp3) is 0.533. The Hall–Kier alpha value is -0.870. The van der Waals surface area contributed by atoms with Crippen LogP contribution in [0.3, 0.4) is 0 Å². The molecule has 0 radical (unpaired) electrons. The van der Waals surface area contributed by atoms with Gasteiger partial charge in [0.15, 0.2) is 0 Å². The SMILES string of the molecule is CC(C)(CN)CNC(=O)CCCc1ccccc1Br. The second-order valence-corrected chi connectivity index (χ2v) is 6.44. The summed E-state index contributed by atoms with van der Waals surface area (Å²) in [6.45, 7) is 5.31. The minimum Gasteiger partial charge on any atom is -0.356 e. The molecule has 3 N–H and O–H groups in total. The number of hydrogen-bond donors (Lipinski definition) is 2. The molecule has 0 aromatic heterocycles. The lowest BCUT2D eigenvalue weighted by Crippen LogP contribution is -2.38. The van der Waals surface area contributed by atoms with Crippen molar-refractivity contribution in [2.24, 2.45) is 11.1 Å². The smallest absolute Gasteiger partial charge is 0.220 e. The maximum absolute atomic E-state index is 11.7. The molecule has 0 aliphatic heterocycles. The van der Waals surface area contributed by atoms with E-state index in [4.69, 9.17) is 5.73 Å². The first-order chi connectivity index (χ1) is 8.94. The molecule has 1 rings (SSSR count). The Morgan fingerprint density at radius 3 is 2.68 bits per heavy atom. The van der Waals surface area contributed by atoms with Crippen LogP contribution in [0.2, 0.25) is 0 Å². The average Bonchev–Trinajstić information content (AvgIpc) is 2.39. The monoisotopic (exact) mass is 326 g/mol. The molecule has 19 heavy (non-hydrogen) atoms. The van der Waals surface area contributed by atoms with E-state index in [0.717, 1.165) is 17.3 Å². The van der Waals surface area contributed by atoms with Crippen LogP contribution < -0.4 is 11.1 Å². The predicted octanol–water partition coefficient (Wildman–Crippen LogP) is 2.87. The van der Waals surface area contributed by atoms with Crippen molar-refractivity contribution >= 4 is 21.8 Å². The Balaban J connectivity index is 2.26. The molecule has 0 atom stereocenters. The Morgan fingerprint density at radius 2 is 2.05 bits per heavy atom. The second kappa shape index (κ2) is 7.65. The van der Waals surface area contributed by atoms with Crippen molar-refractivity contribution in [3.05, 3.63) is 34.3 Å². The van der Waals surface area contributed by atoms with Crippen molar-refractivity contribution in [1.29, 1.82) is 0 Å². The van der Waals surface area contributed by atoms with Gasteiger partial charge in [-0.05, 0) is 36.4 Å². The minimum atomic E-state index is -0.0296. The summed E-state index contributed by atoms with van der Waals surface area (Å²) in [5.41, 5.74) is 6.85. The largest absolute Gasteiger partial charge is 0.356 e. The number of carbonyl (C=O) groups is 1. The van der Waals surface area contributed by atoms with Crippen molar-refractivity contribution in [2.45, 2.75) is 33.1 Å². The summed E-state index contributed by atoms with van der Waals surface area (Å²) in [6.07, 6.45) is 2.33. The molecule has 0 heterocycles. The highest BCUT2D eigenvalue weighted by molar-refractivity contribution is 9.10. The Morgan fingerprint density at radius 1 is 1.37 bits per heavy atom. The number of rotatable bonds is 7. The van der Waals surface area contributed by atoms with E-state index >= 15 is 0 Å². The number of hydrogen-bond acceptors (Lipinski definition) is 2. The van der Waals surface area contributed by atoms with E-state index in [1.807, 2.05) is 32.0 Å². The lowest BCUT2D eigenvalue weighted by Gasteiger charge is -2.22. The lowest BCUT2D eigenvalue weighted by atomic mass is 9.94. The van der Waals surface area contributed by atoms with Gasteiger partial charge in [-0.15, -0.1) is 0 Å². The highest BCUT2D eigenvalue weighted by Gasteiger charge is 2.16. The summed E-state index contributed by atoms with van der Waals surface area (Å²) >= 11 is 3.52. The Kier molecular flexibility index (Phi) is 6.52. The maximum Gasteiger partial charge on any atom is 0.220 e. The van der Waals surface area contributed by atoms with Crippen molar-refractivity contribution in [3.8, 4) is 0 Å². The third-order valence-electron chi connectivity index (χ3n) is 3.12. The highest BCUT2D eigenvalue weighted by Crippen LogP contribution is 2.18. The molecule has 3 nitrogen and oxygen atoms in total. The maximum atomic E-state index is 11.7. The zero-order valence-corrected chi connectivity index (χ0v) is 13.3. The molecular formula is C15H23BrN2O. The van der Waals surface area contributed by atoms with Crippen LogP contribution in [-0.2, 0) is 11.2 Å². The third-order valence-corrected chi connectivity index (χ3v) is 3.90. The van der Waals surface area contributed by atoms with Crippen LogP contribution in [-0.4, -0.2) is 19.0 Å². The molecule has 0 saturated heterocycles. The standard InChI is InChI=1S/C15H23BrN2O/c1-15(2,10-17)11-18-14(19)9-5-7-12-6-3-4-8-13(12)16/h3-4,6,8H,5,7,9-11,17H2,1-2H3,(H,18,19). The molecule has 0 fully saturated rings. The van der Waals surface area contributed by atoms with E-state index in [1.165, 1.54) is 5.56 Å². The summed E-state index contributed by atoms with van der Waals surface area (Å²) in [7, 11) is 0. The van der Waals surface area contributed by atoms with E-state index < -0.39 is 0 Å². The van der Waals surface area contributed by atoms with Gasteiger partial charge in [0.1, 0.15) is 0 Å². The van der Waals surface area contributed by atoms with E-state index in [0.29, 0.717) is 19.5 Å². The molecule has 1 amide bonds. The quantitative estimate of drug-likeness (QED) is 0.809. The summed E-state index contributed by atoms with van der Waals surface area (Å²) < 4.78 is 1.11. The fourth-order valence-corrected chi connectivity index (χ4v) is 2.12. The molecule has 0 aliphatic rings. The van der Waals surface area contributed by atoms with Gasteiger partial charge in [-0.25, -0.2) is 0 Å². The first-order valence-corrected chi connectivity index (χ1v) is 7.44. The molecule has 0 spiro atoms. The molecular weight excluding hydrogens is 304 g/mol. The minimum absolute atomic E-state index is 0.0296. The van der Waals surface area contributed by atoms with Gasteiger partial charge in [0.05, 0.1) is 0 Å². The number of nitrogens with one attached hydrogen (secondary N) is 1. The van der Waals surface area contributed by atoms with Crippen LogP contribution in [0.4, 0.5) is 0 Å². The van der Waals surface area contributed by atoms with Gasteiger partial charge < -0.3 is 11.1 Å². The molecule has 1 aromatic rings. The predicted molar refractivity (Wildman–Crippen MR) is 82.9 cm³/mol. The molecule has 1 aromatic carbocycles. The molecule has 0 aliphatic carbocycles. The topological polar surface area (TPSA) is 55.1 Å². The van der Waals surface area contributed by atoms with Gasteiger partial charge in [-0.3, -0.25) is 4.79 Å². The van der Waals surface area contributed by atoms with Crippen LogP contribution in [0.5, 0.6) is 0 Å². The number of carbonyl (C=O) groups excluding carboxylic acids is 1. The van der Waals surface area contributed by atoms with E-state index in [1.54, 1.807) is 0 Å². The summed E-state index contributed by atoms with van der Waals surface area (Å²) in [5, 5.41) is 2.94. The van der Waals surface area contributed by atoms with Gasteiger partial charge in [-0.2, -0.15) is 0 Å². The molecule has 0 saturated carbocycles. The van der Waals surface area contributed by atoms with E-state index in [-0.39, 0.29) is 11.3 Å². The van der Waals surface area contributed by atoms with Gasteiger partial charge in [0.25, 0.3) is 0 Å². The lowest BCUT2D eigenvalue weighted by molar-refractivity contribution is -0.121. The number of amides is 1. The van der Waals surface area contributed by atoms with Crippen LogP contribution in [0.25, 0.3) is 0 Å². The normalized spacial score (nSPS) is 11.4. The Bertz CT molecular complexity index is 418. The third kappa shape index (κ3) is 6.21. The first-order valence-electron chi connectivity index (χ1n) is 6.65. The van der Waals surface area contributed by atoms with Crippen molar-refractivity contribution in [3.63, 3.8) is 0 Å². The number of halogens is 1. The summed E-state index contributed by atoms with van der Waals surface area (Å²) in [6, 6.07) is 8.12. The number of benzene rings is 1. The molecule has 4 heteroatoms. The second-order valence-electron chi connectivity index (χ2n) is 5.59. The average molecular weight is 327 g/mol. The fourth-order valence-electron chi connectivity index (χ4n) is 1.64. The zero-order chi connectivity index (χ0) is 14.3. The highest BCUT2D eigenvalue weighted by atomic mass is 79.9. The van der Waals surface area contributed by atoms with Crippen molar-refractivity contribution < 1.29 is 4.79 Å². The van der Waals surface area contributed by atoms with Crippen LogP contribution >= 0.6 is 15.9 Å². The summed E-state index contributed by atoms with van der Waals surface area (Å²) in [4.78, 5) is 11.7. The van der Waals surface area contributed by atoms with Gasteiger partial charge in [0.2, 0.25) is 5.91 Å². The van der Waals surface area contributed by atoms with E-state index in [2.05, 4.69) is 27.3 Å². The molecule has 106 valence electrons. The van der Waals surface area contributed by atoms with Crippen LogP contribution in [0.1, 0.15) is 32.3 Å². The molecule has 0 bridgehead atoms. The van der Waals surface area contributed by atoms with E-state index in [9.17, 15) is 4.79 Å².